The van der Waals surface area contributed by atoms with Crippen LogP contribution in [0.2, 0.25) is 0 Å². The van der Waals surface area contributed by atoms with Crippen molar-refractivity contribution in [1.29, 1.82) is 0 Å². The molecule has 0 aromatic heterocycles. The summed E-state index contributed by atoms with van der Waals surface area (Å²) in [5.74, 6) is -0.0163. The molecule has 2 atom stereocenters. The molecule has 0 spiro atoms. The summed E-state index contributed by atoms with van der Waals surface area (Å²) in [6, 6.07) is 14.6. The maximum absolute atomic E-state index is 12.2. The second-order valence-corrected chi connectivity index (χ2v) is 5.57. The Kier molecular flexibility index (Phi) is 4.60. The molecule has 1 aliphatic rings. The molecule has 3 N–H and O–H groups in total. The van der Waals surface area contributed by atoms with Crippen LogP contribution < -0.4 is 10.1 Å². The second-order valence-electron chi connectivity index (χ2n) is 5.57. The molecule has 1 unspecified atom stereocenters. The predicted octanol–water partition coefficient (Wildman–Crippen LogP) is 2.04. The Morgan fingerprint density at radius 1 is 1.22 bits per heavy atom. The van der Waals surface area contributed by atoms with Gasteiger partial charge in [-0.15, -0.1) is 0 Å². The minimum Gasteiger partial charge on any atom is -0.491 e. The quantitative estimate of drug-likeness (QED) is 0.807. The number of fused-ring (bicyclic) bond motifs is 1. The summed E-state index contributed by atoms with van der Waals surface area (Å²) in [5, 5.41) is 22.8. The van der Waals surface area contributed by atoms with Gasteiger partial charge >= 0.3 is 0 Å². The monoisotopic (exact) mass is 313 g/mol. The fourth-order valence-electron chi connectivity index (χ4n) is 2.65. The summed E-state index contributed by atoms with van der Waals surface area (Å²) in [4.78, 5) is 12.2. The molecule has 1 amide bonds. The summed E-state index contributed by atoms with van der Waals surface area (Å²) in [6.07, 6.45) is -0.974. The number of aliphatic hydroxyl groups excluding tert-OH is 2. The van der Waals surface area contributed by atoms with Crippen molar-refractivity contribution in [2.24, 2.45) is 0 Å². The maximum atomic E-state index is 12.2. The number of carbonyl (C=O) groups excluding carboxylic acids is 1. The fourth-order valence-corrected chi connectivity index (χ4v) is 2.65. The lowest BCUT2D eigenvalue weighted by molar-refractivity contribution is -0.123. The number of anilines is 1. The van der Waals surface area contributed by atoms with Gasteiger partial charge in [0.25, 0.3) is 5.91 Å². The number of nitrogens with one attached hydrogen (secondary N) is 1. The van der Waals surface area contributed by atoms with Gasteiger partial charge in [-0.2, -0.15) is 0 Å². The van der Waals surface area contributed by atoms with Crippen LogP contribution in [-0.2, 0) is 11.2 Å². The minimum absolute atomic E-state index is 0.241. The molecular formula is C18H19NO4. The van der Waals surface area contributed by atoms with Crippen LogP contribution in [0.1, 0.15) is 23.7 Å². The van der Waals surface area contributed by atoms with Crippen LogP contribution in [-0.4, -0.2) is 28.8 Å². The van der Waals surface area contributed by atoms with E-state index in [-0.39, 0.29) is 6.42 Å². The van der Waals surface area contributed by atoms with E-state index in [4.69, 9.17) is 4.74 Å². The van der Waals surface area contributed by atoms with Crippen LogP contribution in [0.4, 0.5) is 5.69 Å². The maximum Gasteiger partial charge on any atom is 0.253 e. The molecule has 0 aliphatic carbocycles. The molecule has 1 heterocycles. The van der Waals surface area contributed by atoms with Gasteiger partial charge in [-0.1, -0.05) is 42.5 Å². The van der Waals surface area contributed by atoms with Crippen molar-refractivity contribution >= 4 is 11.6 Å². The molecule has 23 heavy (non-hydrogen) atoms. The van der Waals surface area contributed by atoms with Crippen LogP contribution in [0.5, 0.6) is 5.75 Å². The van der Waals surface area contributed by atoms with Crippen molar-refractivity contribution in [3.05, 3.63) is 59.7 Å². The third-order valence-electron chi connectivity index (χ3n) is 3.87. The molecule has 2 aromatic carbocycles. The molecule has 0 radical (unpaired) electrons. The summed E-state index contributed by atoms with van der Waals surface area (Å²) in [6.45, 7) is 0.396. The van der Waals surface area contributed by atoms with Gasteiger partial charge in [0.05, 0.1) is 18.4 Å². The lowest BCUT2D eigenvalue weighted by Crippen LogP contribution is -2.30. The lowest BCUT2D eigenvalue weighted by Gasteiger charge is -2.24. The standard InChI is InChI=1S/C18H19NO4/c20-15-9-10-23-17-13(15)7-4-8-14(17)19-18(22)16(21)11-12-5-2-1-3-6-12/h1-8,15-16,20-21H,9-11H2,(H,19,22)/t15?,16-/m0/s1. The smallest absolute Gasteiger partial charge is 0.253 e. The second kappa shape index (κ2) is 6.81. The van der Waals surface area contributed by atoms with Crippen LogP contribution in [0, 0.1) is 0 Å². The average molecular weight is 313 g/mol. The Morgan fingerprint density at radius 3 is 2.78 bits per heavy atom. The molecule has 3 rings (SSSR count). The van der Waals surface area contributed by atoms with E-state index >= 15 is 0 Å². The van der Waals surface area contributed by atoms with E-state index in [2.05, 4.69) is 5.32 Å². The molecule has 2 aromatic rings. The van der Waals surface area contributed by atoms with E-state index in [1.807, 2.05) is 30.3 Å². The Balaban J connectivity index is 1.72. The number of benzene rings is 2. The highest BCUT2D eigenvalue weighted by molar-refractivity contribution is 5.95. The molecule has 0 saturated carbocycles. The molecule has 5 heteroatoms. The summed E-state index contributed by atoms with van der Waals surface area (Å²) < 4.78 is 5.57. The number of carbonyl (C=O) groups is 1. The zero-order valence-corrected chi connectivity index (χ0v) is 12.6. The van der Waals surface area contributed by atoms with Crippen molar-refractivity contribution in [3.8, 4) is 5.75 Å². The zero-order chi connectivity index (χ0) is 16.2. The molecule has 120 valence electrons. The normalized spacial score (nSPS) is 17.7. The van der Waals surface area contributed by atoms with Gasteiger partial charge < -0.3 is 20.3 Å². The van der Waals surface area contributed by atoms with Crippen LogP contribution in [0.25, 0.3) is 0 Å². The number of amides is 1. The number of hydrogen-bond acceptors (Lipinski definition) is 4. The van der Waals surface area contributed by atoms with E-state index in [1.165, 1.54) is 0 Å². The first-order chi connectivity index (χ1) is 11.1. The fraction of sp³-hybridized carbons (Fsp3) is 0.278. The molecule has 1 aliphatic heterocycles. The minimum atomic E-state index is -1.15. The summed E-state index contributed by atoms with van der Waals surface area (Å²) >= 11 is 0. The molecule has 5 nitrogen and oxygen atoms in total. The number of hydrogen-bond donors (Lipinski definition) is 3. The van der Waals surface area contributed by atoms with Gasteiger partial charge in [0, 0.05) is 18.4 Å². The largest absolute Gasteiger partial charge is 0.491 e. The highest BCUT2D eigenvalue weighted by atomic mass is 16.5. The first-order valence-corrected chi connectivity index (χ1v) is 7.62. The highest BCUT2D eigenvalue weighted by Gasteiger charge is 2.24. The van der Waals surface area contributed by atoms with Crippen LogP contribution >= 0.6 is 0 Å². The van der Waals surface area contributed by atoms with Gasteiger partial charge in [0.2, 0.25) is 0 Å². The Morgan fingerprint density at radius 2 is 2.00 bits per heavy atom. The number of aliphatic hydroxyl groups is 2. The van der Waals surface area contributed by atoms with Crippen molar-refractivity contribution in [1.82, 2.24) is 0 Å². The third-order valence-corrected chi connectivity index (χ3v) is 3.87. The SMILES string of the molecule is O=C(Nc1cccc2c1OCCC2O)[C@@H](O)Cc1ccccc1. The van der Waals surface area contributed by atoms with E-state index in [1.54, 1.807) is 18.2 Å². The lowest BCUT2D eigenvalue weighted by atomic mass is 10.0. The van der Waals surface area contributed by atoms with Crippen LogP contribution in [0.3, 0.4) is 0 Å². The highest BCUT2D eigenvalue weighted by Crippen LogP contribution is 2.37. The van der Waals surface area contributed by atoms with Crippen LogP contribution in [0.15, 0.2) is 48.5 Å². The predicted molar refractivity (Wildman–Crippen MR) is 86.3 cm³/mol. The topological polar surface area (TPSA) is 78.8 Å². The molecule has 0 fully saturated rings. The Bertz CT molecular complexity index is 687. The van der Waals surface area contributed by atoms with E-state index in [0.29, 0.717) is 30.0 Å². The zero-order valence-electron chi connectivity index (χ0n) is 12.6. The van der Waals surface area contributed by atoms with E-state index in [9.17, 15) is 15.0 Å². The van der Waals surface area contributed by atoms with Crippen molar-refractivity contribution in [2.45, 2.75) is 25.0 Å². The summed E-state index contributed by atoms with van der Waals surface area (Å²) in [5.41, 5.74) is 2.02. The summed E-state index contributed by atoms with van der Waals surface area (Å²) in [7, 11) is 0. The van der Waals surface area contributed by atoms with Gasteiger partial charge in [-0.3, -0.25) is 4.79 Å². The van der Waals surface area contributed by atoms with Crippen molar-refractivity contribution in [2.75, 3.05) is 11.9 Å². The Hall–Kier alpha value is -2.37. The first-order valence-electron chi connectivity index (χ1n) is 7.62. The molecule has 0 saturated heterocycles. The van der Waals surface area contributed by atoms with Gasteiger partial charge in [0.15, 0.2) is 0 Å². The van der Waals surface area contributed by atoms with E-state index < -0.39 is 18.1 Å². The first kappa shape index (κ1) is 15.5. The number of rotatable bonds is 4. The Labute approximate surface area is 134 Å². The van der Waals surface area contributed by atoms with E-state index in [0.717, 1.165) is 5.56 Å². The molecular weight excluding hydrogens is 294 g/mol. The van der Waals surface area contributed by atoms with Gasteiger partial charge in [0.1, 0.15) is 11.9 Å². The average Bonchev–Trinajstić information content (AvgIpc) is 2.56. The number of para-hydroxylation sites is 1. The number of ether oxygens (including phenoxy) is 1. The van der Waals surface area contributed by atoms with Gasteiger partial charge in [-0.05, 0) is 11.6 Å². The third kappa shape index (κ3) is 3.52. The van der Waals surface area contributed by atoms with Crippen molar-refractivity contribution < 1.29 is 19.7 Å². The van der Waals surface area contributed by atoms with Crippen molar-refractivity contribution in [3.63, 3.8) is 0 Å². The van der Waals surface area contributed by atoms with Gasteiger partial charge in [-0.25, -0.2) is 0 Å². The molecule has 0 bridgehead atoms.